The summed E-state index contributed by atoms with van der Waals surface area (Å²) in [6.45, 7) is 5.45. The quantitative estimate of drug-likeness (QED) is 0.863. The van der Waals surface area contributed by atoms with E-state index in [1.807, 2.05) is 19.2 Å². The van der Waals surface area contributed by atoms with Crippen LogP contribution in [-0.2, 0) is 0 Å². The lowest BCUT2D eigenvalue weighted by atomic mass is 9.90. The van der Waals surface area contributed by atoms with Crippen molar-refractivity contribution in [1.82, 2.24) is 15.3 Å². The zero-order chi connectivity index (χ0) is 12.4. The highest BCUT2D eigenvalue weighted by Crippen LogP contribution is 2.27. The number of rotatable bonds is 2. The van der Waals surface area contributed by atoms with Crippen LogP contribution < -0.4 is 10.2 Å². The third-order valence-corrected chi connectivity index (χ3v) is 4.21. The fourth-order valence-corrected chi connectivity index (χ4v) is 3.28. The minimum Gasteiger partial charge on any atom is -0.356 e. The number of nitrogens with zero attached hydrogens (tertiary/aromatic N) is 3. The van der Waals surface area contributed by atoms with Crippen molar-refractivity contribution < 1.29 is 0 Å². The van der Waals surface area contributed by atoms with Crippen molar-refractivity contribution in [2.24, 2.45) is 5.92 Å². The van der Waals surface area contributed by atoms with Crippen LogP contribution in [0.25, 0.3) is 0 Å². The van der Waals surface area contributed by atoms with E-state index in [1.54, 1.807) is 0 Å². The number of nitrogens with one attached hydrogen (secondary N) is 1. The molecule has 0 aromatic carbocycles. The van der Waals surface area contributed by atoms with E-state index in [0.717, 1.165) is 36.7 Å². The molecule has 0 bridgehead atoms. The summed E-state index contributed by atoms with van der Waals surface area (Å²) in [5.74, 6) is 2.76. The summed E-state index contributed by atoms with van der Waals surface area (Å²) in [7, 11) is 0. The molecule has 98 valence electrons. The van der Waals surface area contributed by atoms with Crippen molar-refractivity contribution >= 4 is 5.82 Å². The van der Waals surface area contributed by atoms with Crippen molar-refractivity contribution in [2.75, 3.05) is 24.5 Å². The van der Waals surface area contributed by atoms with Crippen LogP contribution in [0.3, 0.4) is 0 Å². The normalized spacial score (nSPS) is 28.6. The van der Waals surface area contributed by atoms with E-state index in [1.165, 1.54) is 32.2 Å². The lowest BCUT2D eigenvalue weighted by Gasteiger charge is -2.36. The molecule has 0 saturated carbocycles. The van der Waals surface area contributed by atoms with Gasteiger partial charge in [-0.3, -0.25) is 0 Å². The van der Waals surface area contributed by atoms with Gasteiger partial charge in [-0.05, 0) is 51.1 Å². The Bertz CT molecular complexity index is 401. The molecule has 2 aliphatic rings. The van der Waals surface area contributed by atoms with Gasteiger partial charge >= 0.3 is 0 Å². The molecule has 2 aliphatic heterocycles. The van der Waals surface area contributed by atoms with Crippen LogP contribution in [0, 0.1) is 12.8 Å². The number of aryl methyl sites for hydroxylation is 1. The predicted octanol–water partition coefficient (Wildman–Crippen LogP) is 1.75. The van der Waals surface area contributed by atoms with E-state index in [0.29, 0.717) is 0 Å². The molecule has 2 atom stereocenters. The molecule has 1 N–H and O–H groups in total. The Kier molecular flexibility index (Phi) is 3.46. The number of anilines is 1. The molecule has 0 amide bonds. The Morgan fingerprint density at radius 1 is 1.33 bits per heavy atom. The highest BCUT2D eigenvalue weighted by atomic mass is 15.2. The third-order valence-electron chi connectivity index (χ3n) is 4.21. The first kappa shape index (κ1) is 11.9. The third kappa shape index (κ3) is 2.48. The molecule has 2 saturated heterocycles. The molecule has 2 fully saturated rings. The monoisotopic (exact) mass is 246 g/mol. The molecular formula is C14H22N4. The maximum absolute atomic E-state index is 4.55. The second kappa shape index (κ2) is 5.22. The fourth-order valence-electron chi connectivity index (χ4n) is 3.28. The van der Waals surface area contributed by atoms with E-state index >= 15 is 0 Å². The van der Waals surface area contributed by atoms with E-state index in [9.17, 15) is 0 Å². The minimum atomic E-state index is 0.732. The molecule has 0 radical (unpaired) electrons. The molecule has 3 heterocycles. The van der Waals surface area contributed by atoms with Crippen LogP contribution in [0.1, 0.15) is 31.5 Å². The molecule has 3 rings (SSSR count). The topological polar surface area (TPSA) is 41.1 Å². The Labute approximate surface area is 109 Å². The molecule has 18 heavy (non-hydrogen) atoms. The van der Waals surface area contributed by atoms with Gasteiger partial charge in [-0.15, -0.1) is 0 Å². The van der Waals surface area contributed by atoms with Gasteiger partial charge in [0.05, 0.1) is 0 Å². The Hall–Kier alpha value is -1.16. The number of piperidine rings is 1. The second-order valence-corrected chi connectivity index (χ2v) is 5.51. The van der Waals surface area contributed by atoms with Gasteiger partial charge in [0, 0.05) is 25.3 Å². The van der Waals surface area contributed by atoms with E-state index in [-0.39, 0.29) is 0 Å². The molecule has 0 aliphatic carbocycles. The lowest BCUT2D eigenvalue weighted by Crippen LogP contribution is -2.43. The largest absolute Gasteiger partial charge is 0.356 e. The van der Waals surface area contributed by atoms with Crippen LogP contribution >= 0.6 is 0 Å². The molecule has 2 unspecified atom stereocenters. The average molecular weight is 246 g/mol. The summed E-state index contributed by atoms with van der Waals surface area (Å²) >= 11 is 0. The highest BCUT2D eigenvalue weighted by Gasteiger charge is 2.29. The summed E-state index contributed by atoms with van der Waals surface area (Å²) in [5, 5.41) is 3.65. The number of aromatic nitrogens is 2. The standard InChI is InChI=1S/C14H22N4/c1-11-15-8-6-14(17-11)18-9-3-4-12(10-18)13-5-2-7-16-13/h6,8,12-13,16H,2-5,7,9-10H2,1H3. The molecule has 1 aromatic rings. The van der Waals surface area contributed by atoms with Gasteiger partial charge in [-0.1, -0.05) is 0 Å². The lowest BCUT2D eigenvalue weighted by molar-refractivity contribution is 0.328. The Morgan fingerprint density at radius 3 is 3.06 bits per heavy atom. The molecule has 0 spiro atoms. The van der Waals surface area contributed by atoms with Gasteiger partial charge in [0.1, 0.15) is 11.6 Å². The average Bonchev–Trinajstić information content (AvgIpc) is 2.93. The van der Waals surface area contributed by atoms with Crippen molar-refractivity contribution in [3.63, 3.8) is 0 Å². The van der Waals surface area contributed by atoms with Crippen LogP contribution in [0.15, 0.2) is 12.3 Å². The van der Waals surface area contributed by atoms with Gasteiger partial charge in [-0.2, -0.15) is 0 Å². The van der Waals surface area contributed by atoms with Crippen molar-refractivity contribution in [3.05, 3.63) is 18.1 Å². The minimum absolute atomic E-state index is 0.732. The summed E-state index contributed by atoms with van der Waals surface area (Å²) < 4.78 is 0. The SMILES string of the molecule is Cc1nccc(N2CCCC(C3CCCN3)C2)n1. The Morgan fingerprint density at radius 2 is 2.28 bits per heavy atom. The summed E-state index contributed by atoms with van der Waals surface area (Å²) in [6.07, 6.45) is 7.20. The van der Waals surface area contributed by atoms with Crippen LogP contribution in [0.4, 0.5) is 5.82 Å². The van der Waals surface area contributed by atoms with Gasteiger partial charge < -0.3 is 10.2 Å². The van der Waals surface area contributed by atoms with Gasteiger partial charge in [0.15, 0.2) is 0 Å². The van der Waals surface area contributed by atoms with E-state index in [4.69, 9.17) is 0 Å². The summed E-state index contributed by atoms with van der Waals surface area (Å²) in [6, 6.07) is 2.77. The van der Waals surface area contributed by atoms with E-state index in [2.05, 4.69) is 20.2 Å². The summed E-state index contributed by atoms with van der Waals surface area (Å²) in [4.78, 5) is 11.2. The molecule has 1 aromatic heterocycles. The van der Waals surface area contributed by atoms with Gasteiger partial charge in [0.25, 0.3) is 0 Å². The Balaban J connectivity index is 1.69. The van der Waals surface area contributed by atoms with E-state index < -0.39 is 0 Å². The van der Waals surface area contributed by atoms with Crippen molar-refractivity contribution in [3.8, 4) is 0 Å². The fraction of sp³-hybridized carbons (Fsp3) is 0.714. The molecular weight excluding hydrogens is 224 g/mol. The van der Waals surface area contributed by atoms with Crippen LogP contribution in [0.2, 0.25) is 0 Å². The van der Waals surface area contributed by atoms with Crippen LogP contribution in [-0.4, -0.2) is 35.6 Å². The van der Waals surface area contributed by atoms with Crippen molar-refractivity contribution in [2.45, 2.75) is 38.6 Å². The smallest absolute Gasteiger partial charge is 0.132 e. The predicted molar refractivity (Wildman–Crippen MR) is 72.7 cm³/mol. The second-order valence-electron chi connectivity index (χ2n) is 5.51. The first-order valence-electron chi connectivity index (χ1n) is 7.11. The van der Waals surface area contributed by atoms with Crippen molar-refractivity contribution in [1.29, 1.82) is 0 Å². The first-order chi connectivity index (χ1) is 8.83. The number of hydrogen-bond acceptors (Lipinski definition) is 4. The highest BCUT2D eigenvalue weighted by molar-refractivity contribution is 5.38. The zero-order valence-electron chi connectivity index (χ0n) is 11.1. The molecule has 4 heteroatoms. The first-order valence-corrected chi connectivity index (χ1v) is 7.11. The number of hydrogen-bond donors (Lipinski definition) is 1. The maximum atomic E-state index is 4.55. The zero-order valence-corrected chi connectivity index (χ0v) is 11.1. The van der Waals surface area contributed by atoms with Gasteiger partial charge in [-0.25, -0.2) is 9.97 Å². The van der Waals surface area contributed by atoms with Gasteiger partial charge in [0.2, 0.25) is 0 Å². The van der Waals surface area contributed by atoms with Crippen LogP contribution in [0.5, 0.6) is 0 Å². The summed E-state index contributed by atoms with van der Waals surface area (Å²) in [5.41, 5.74) is 0. The molecule has 4 nitrogen and oxygen atoms in total. The maximum Gasteiger partial charge on any atom is 0.132 e.